The summed E-state index contributed by atoms with van der Waals surface area (Å²) in [5.41, 5.74) is 0.678. The van der Waals surface area contributed by atoms with E-state index in [1.807, 2.05) is 4.90 Å². The molecule has 2 aromatic heterocycles. The van der Waals surface area contributed by atoms with Crippen LogP contribution >= 0.6 is 0 Å². The van der Waals surface area contributed by atoms with Gasteiger partial charge in [0, 0.05) is 38.2 Å². The normalized spacial score (nSPS) is 20.6. The standard InChI is InChI=1S/C18H23FN6O/c1-12-21-15(9-16(26)22-12)13-5-4-8-25(11-13)18-20-10-14(19)17(23-18)24-6-2-3-7-24/h9-10,13H,2-8,11H2,1H3,(H,21,22,26)/t13-/m1/s1. The van der Waals surface area contributed by atoms with Gasteiger partial charge in [-0.25, -0.2) is 14.4 Å². The maximum Gasteiger partial charge on any atom is 0.251 e. The van der Waals surface area contributed by atoms with Gasteiger partial charge in [-0.2, -0.15) is 4.98 Å². The first kappa shape index (κ1) is 16.9. The van der Waals surface area contributed by atoms with E-state index in [0.29, 0.717) is 24.1 Å². The fourth-order valence-corrected chi connectivity index (χ4v) is 3.86. The van der Waals surface area contributed by atoms with Crippen molar-refractivity contribution in [3.63, 3.8) is 0 Å². The molecule has 26 heavy (non-hydrogen) atoms. The lowest BCUT2D eigenvalue weighted by molar-refractivity contribution is 0.491. The molecule has 1 N–H and O–H groups in total. The van der Waals surface area contributed by atoms with Crippen LogP contribution in [0, 0.1) is 12.7 Å². The lowest BCUT2D eigenvalue weighted by Gasteiger charge is -2.33. The Kier molecular flexibility index (Phi) is 4.57. The van der Waals surface area contributed by atoms with Crippen LogP contribution in [0.3, 0.4) is 0 Å². The quantitative estimate of drug-likeness (QED) is 0.904. The third-order valence-electron chi connectivity index (χ3n) is 5.12. The van der Waals surface area contributed by atoms with Crippen LogP contribution in [0.4, 0.5) is 16.2 Å². The fourth-order valence-electron chi connectivity index (χ4n) is 3.86. The molecule has 2 fully saturated rings. The molecule has 0 bridgehead atoms. The van der Waals surface area contributed by atoms with Gasteiger partial charge >= 0.3 is 0 Å². The topological polar surface area (TPSA) is 78.0 Å². The Balaban J connectivity index is 1.58. The van der Waals surface area contributed by atoms with Gasteiger partial charge in [-0.1, -0.05) is 0 Å². The van der Waals surface area contributed by atoms with Crippen molar-refractivity contribution < 1.29 is 4.39 Å². The number of halogens is 1. The molecule has 2 aliphatic heterocycles. The van der Waals surface area contributed by atoms with E-state index in [0.717, 1.165) is 51.0 Å². The molecule has 2 saturated heterocycles. The number of aryl methyl sites for hydroxylation is 1. The van der Waals surface area contributed by atoms with Gasteiger partial charge in [-0.3, -0.25) is 4.79 Å². The molecule has 0 aromatic carbocycles. The van der Waals surface area contributed by atoms with Gasteiger partial charge in [0.2, 0.25) is 5.95 Å². The van der Waals surface area contributed by atoms with Crippen molar-refractivity contribution in [3.8, 4) is 0 Å². The summed E-state index contributed by atoms with van der Waals surface area (Å²) in [6, 6.07) is 1.57. The highest BCUT2D eigenvalue weighted by Gasteiger charge is 2.26. The number of hydrogen-bond donors (Lipinski definition) is 1. The van der Waals surface area contributed by atoms with Crippen LogP contribution in [0.5, 0.6) is 0 Å². The number of H-pyrrole nitrogens is 1. The number of anilines is 2. The Bertz CT molecular complexity index is 848. The second-order valence-electron chi connectivity index (χ2n) is 7.08. The fraction of sp³-hybridized carbons (Fsp3) is 0.556. The van der Waals surface area contributed by atoms with Crippen LogP contribution in [0.15, 0.2) is 17.1 Å². The molecular weight excluding hydrogens is 335 g/mol. The highest BCUT2D eigenvalue weighted by Crippen LogP contribution is 2.29. The maximum absolute atomic E-state index is 14.2. The molecule has 0 unspecified atom stereocenters. The molecule has 0 amide bonds. The van der Waals surface area contributed by atoms with Crippen LogP contribution in [0.2, 0.25) is 0 Å². The first-order chi connectivity index (χ1) is 12.6. The Hall–Kier alpha value is -2.51. The van der Waals surface area contributed by atoms with Crippen molar-refractivity contribution >= 4 is 11.8 Å². The summed E-state index contributed by atoms with van der Waals surface area (Å²) >= 11 is 0. The van der Waals surface area contributed by atoms with Crippen LogP contribution < -0.4 is 15.4 Å². The summed E-state index contributed by atoms with van der Waals surface area (Å²) in [6.07, 6.45) is 5.33. The molecule has 0 radical (unpaired) electrons. The van der Waals surface area contributed by atoms with Gasteiger partial charge in [0.05, 0.1) is 11.9 Å². The minimum absolute atomic E-state index is 0.126. The average Bonchev–Trinajstić information content (AvgIpc) is 3.16. The first-order valence-corrected chi connectivity index (χ1v) is 9.20. The minimum atomic E-state index is -0.365. The lowest BCUT2D eigenvalue weighted by atomic mass is 9.94. The highest BCUT2D eigenvalue weighted by atomic mass is 19.1. The summed E-state index contributed by atoms with van der Waals surface area (Å²) in [4.78, 5) is 31.7. The van der Waals surface area contributed by atoms with Crippen molar-refractivity contribution in [1.82, 2.24) is 19.9 Å². The van der Waals surface area contributed by atoms with Crippen molar-refractivity contribution in [2.45, 2.75) is 38.5 Å². The number of piperidine rings is 1. The summed E-state index contributed by atoms with van der Waals surface area (Å²) in [5.74, 6) is 1.36. The molecule has 0 spiro atoms. The molecule has 1 atom stereocenters. The second kappa shape index (κ2) is 7.01. The van der Waals surface area contributed by atoms with E-state index in [1.165, 1.54) is 6.20 Å². The Morgan fingerprint density at radius 2 is 1.92 bits per heavy atom. The van der Waals surface area contributed by atoms with Crippen LogP contribution in [0.1, 0.15) is 43.1 Å². The van der Waals surface area contributed by atoms with E-state index in [-0.39, 0.29) is 17.3 Å². The van der Waals surface area contributed by atoms with E-state index >= 15 is 0 Å². The number of nitrogens with zero attached hydrogens (tertiary/aromatic N) is 5. The van der Waals surface area contributed by atoms with Gasteiger partial charge < -0.3 is 14.8 Å². The monoisotopic (exact) mass is 358 g/mol. The Morgan fingerprint density at radius 3 is 2.69 bits per heavy atom. The van der Waals surface area contributed by atoms with Gasteiger partial charge in [0.15, 0.2) is 11.6 Å². The second-order valence-corrected chi connectivity index (χ2v) is 7.08. The van der Waals surface area contributed by atoms with Gasteiger partial charge in [0.25, 0.3) is 5.56 Å². The molecule has 2 aliphatic rings. The third-order valence-corrected chi connectivity index (χ3v) is 5.12. The number of aromatic amines is 1. The molecule has 0 saturated carbocycles. The van der Waals surface area contributed by atoms with Crippen molar-refractivity contribution in [3.05, 3.63) is 40.0 Å². The molecule has 138 valence electrons. The highest BCUT2D eigenvalue weighted by molar-refractivity contribution is 5.46. The summed E-state index contributed by atoms with van der Waals surface area (Å²) < 4.78 is 14.2. The maximum atomic E-state index is 14.2. The zero-order chi connectivity index (χ0) is 18.1. The predicted octanol–water partition coefficient (Wildman–Crippen LogP) is 1.99. The number of rotatable bonds is 3. The molecule has 8 heteroatoms. The van der Waals surface area contributed by atoms with E-state index in [4.69, 9.17) is 0 Å². The summed E-state index contributed by atoms with van der Waals surface area (Å²) in [6.45, 7) is 4.97. The number of aromatic nitrogens is 4. The van der Waals surface area contributed by atoms with Crippen LogP contribution in [-0.4, -0.2) is 46.1 Å². The van der Waals surface area contributed by atoms with Crippen LogP contribution in [0.25, 0.3) is 0 Å². The van der Waals surface area contributed by atoms with E-state index in [9.17, 15) is 9.18 Å². The van der Waals surface area contributed by atoms with Crippen LogP contribution in [-0.2, 0) is 0 Å². The van der Waals surface area contributed by atoms with Crippen molar-refractivity contribution in [2.75, 3.05) is 36.0 Å². The Labute approximate surface area is 151 Å². The largest absolute Gasteiger partial charge is 0.354 e. The first-order valence-electron chi connectivity index (χ1n) is 9.20. The molecular formula is C18H23FN6O. The zero-order valence-corrected chi connectivity index (χ0v) is 14.9. The lowest BCUT2D eigenvalue weighted by Crippen LogP contribution is -2.36. The van der Waals surface area contributed by atoms with E-state index in [1.54, 1.807) is 13.0 Å². The molecule has 4 rings (SSSR count). The van der Waals surface area contributed by atoms with E-state index < -0.39 is 0 Å². The Morgan fingerprint density at radius 1 is 1.15 bits per heavy atom. The number of hydrogen-bond acceptors (Lipinski definition) is 6. The smallest absolute Gasteiger partial charge is 0.251 e. The average molecular weight is 358 g/mol. The molecule has 2 aromatic rings. The molecule has 0 aliphatic carbocycles. The van der Waals surface area contributed by atoms with E-state index in [2.05, 4.69) is 24.8 Å². The van der Waals surface area contributed by atoms with Crippen molar-refractivity contribution in [1.29, 1.82) is 0 Å². The zero-order valence-electron chi connectivity index (χ0n) is 14.9. The van der Waals surface area contributed by atoms with Crippen molar-refractivity contribution in [2.24, 2.45) is 0 Å². The molecule has 4 heterocycles. The van der Waals surface area contributed by atoms with Gasteiger partial charge in [-0.05, 0) is 32.6 Å². The summed E-state index contributed by atoms with van der Waals surface area (Å²) in [7, 11) is 0. The predicted molar refractivity (Wildman–Crippen MR) is 97.2 cm³/mol. The molecule has 7 nitrogen and oxygen atoms in total. The number of nitrogens with one attached hydrogen (secondary N) is 1. The summed E-state index contributed by atoms with van der Waals surface area (Å²) in [5, 5.41) is 0. The third kappa shape index (κ3) is 3.40. The van der Waals surface area contributed by atoms with Gasteiger partial charge in [0.1, 0.15) is 5.82 Å². The minimum Gasteiger partial charge on any atom is -0.354 e. The SMILES string of the molecule is Cc1nc([C@@H]2CCCN(c3ncc(F)c(N4CCCC4)n3)C2)cc(=O)[nH]1. The van der Waals surface area contributed by atoms with Gasteiger partial charge in [-0.15, -0.1) is 0 Å².